The average Bonchev–Trinajstić information content (AvgIpc) is 2.73. The van der Waals surface area contributed by atoms with E-state index in [0.717, 1.165) is 5.56 Å². The van der Waals surface area contributed by atoms with Gasteiger partial charge in [0, 0.05) is 6.42 Å². The van der Waals surface area contributed by atoms with Gasteiger partial charge in [0.15, 0.2) is 0 Å². The van der Waals surface area contributed by atoms with Gasteiger partial charge in [-0.2, -0.15) is 0 Å². The minimum Gasteiger partial charge on any atom is -0.411 e. The van der Waals surface area contributed by atoms with Crippen LogP contribution in [-0.2, 0) is 16.1 Å². The third-order valence-corrected chi connectivity index (χ3v) is 4.18. The quantitative estimate of drug-likeness (QED) is 0.507. The molecule has 2 aliphatic rings. The first kappa shape index (κ1) is 12.8. The Morgan fingerprint density at radius 3 is 2.55 bits per heavy atom. The van der Waals surface area contributed by atoms with Crippen molar-refractivity contribution < 1.29 is 14.8 Å². The zero-order valence-electron chi connectivity index (χ0n) is 11.0. The van der Waals surface area contributed by atoms with Gasteiger partial charge in [0.2, 0.25) is 11.8 Å². The number of amides is 2. The summed E-state index contributed by atoms with van der Waals surface area (Å²) in [7, 11) is 0. The lowest BCUT2D eigenvalue weighted by molar-refractivity contribution is -0.140. The van der Waals surface area contributed by atoms with Gasteiger partial charge in [-0.1, -0.05) is 35.5 Å². The van der Waals surface area contributed by atoms with Gasteiger partial charge in [0.1, 0.15) is 0 Å². The zero-order chi connectivity index (χ0) is 14.1. The van der Waals surface area contributed by atoms with E-state index in [1.54, 1.807) is 0 Å². The molecule has 20 heavy (non-hydrogen) atoms. The molecule has 5 nitrogen and oxygen atoms in total. The summed E-state index contributed by atoms with van der Waals surface area (Å²) < 4.78 is 0. The summed E-state index contributed by atoms with van der Waals surface area (Å²) in [4.78, 5) is 26.1. The van der Waals surface area contributed by atoms with E-state index in [0.29, 0.717) is 31.5 Å². The van der Waals surface area contributed by atoms with E-state index in [-0.39, 0.29) is 23.7 Å². The van der Waals surface area contributed by atoms with Gasteiger partial charge in [-0.15, -0.1) is 0 Å². The van der Waals surface area contributed by atoms with Crippen LogP contribution in [0.25, 0.3) is 0 Å². The van der Waals surface area contributed by atoms with Crippen LogP contribution in [0.5, 0.6) is 0 Å². The lowest BCUT2D eigenvalue weighted by Gasteiger charge is -2.20. The molecular formula is C15H16N2O3. The van der Waals surface area contributed by atoms with Crippen molar-refractivity contribution >= 4 is 17.5 Å². The van der Waals surface area contributed by atoms with Crippen LogP contribution in [0.15, 0.2) is 35.5 Å². The monoisotopic (exact) mass is 272 g/mol. The van der Waals surface area contributed by atoms with Crippen LogP contribution in [0.1, 0.15) is 24.8 Å². The Bertz CT molecular complexity index is 568. The predicted molar refractivity (Wildman–Crippen MR) is 72.1 cm³/mol. The molecule has 2 unspecified atom stereocenters. The highest BCUT2D eigenvalue weighted by Gasteiger charge is 2.49. The minimum absolute atomic E-state index is 0.0826. The fraction of sp³-hybridized carbons (Fsp3) is 0.400. The van der Waals surface area contributed by atoms with Crippen molar-refractivity contribution in [3.8, 4) is 0 Å². The van der Waals surface area contributed by atoms with E-state index in [2.05, 4.69) is 5.16 Å². The molecule has 1 aromatic rings. The number of carbonyl (C=O) groups excluding carboxylic acids is 2. The number of nitrogens with zero attached hydrogens (tertiary/aromatic N) is 2. The van der Waals surface area contributed by atoms with Gasteiger partial charge in [-0.3, -0.25) is 14.5 Å². The fourth-order valence-corrected chi connectivity index (χ4v) is 3.10. The third-order valence-electron chi connectivity index (χ3n) is 4.18. The van der Waals surface area contributed by atoms with Crippen molar-refractivity contribution in [2.24, 2.45) is 17.0 Å². The molecule has 1 aliphatic carbocycles. The molecule has 0 spiro atoms. The maximum atomic E-state index is 12.4. The van der Waals surface area contributed by atoms with Gasteiger partial charge in [0.05, 0.1) is 24.1 Å². The number of hydrogen-bond donors (Lipinski definition) is 1. The second kappa shape index (κ2) is 5.07. The Morgan fingerprint density at radius 2 is 1.85 bits per heavy atom. The number of rotatable bonds is 2. The van der Waals surface area contributed by atoms with Crippen LogP contribution < -0.4 is 0 Å². The Kier molecular flexibility index (Phi) is 3.26. The molecular weight excluding hydrogens is 256 g/mol. The van der Waals surface area contributed by atoms with Crippen LogP contribution >= 0.6 is 0 Å². The first-order chi connectivity index (χ1) is 9.70. The lowest BCUT2D eigenvalue weighted by Crippen LogP contribution is -2.30. The molecule has 2 atom stereocenters. The van der Waals surface area contributed by atoms with E-state index in [4.69, 9.17) is 5.21 Å². The van der Waals surface area contributed by atoms with Crippen LogP contribution in [0, 0.1) is 11.8 Å². The summed E-state index contributed by atoms with van der Waals surface area (Å²) in [6, 6.07) is 9.50. The fourth-order valence-electron chi connectivity index (χ4n) is 3.10. The summed E-state index contributed by atoms with van der Waals surface area (Å²) >= 11 is 0. The second-order valence-corrected chi connectivity index (χ2v) is 5.37. The SMILES string of the molecule is O=C1C2CCC(=NO)CC2C(=O)N1Cc1ccccc1. The van der Waals surface area contributed by atoms with Gasteiger partial charge >= 0.3 is 0 Å². The van der Waals surface area contributed by atoms with E-state index >= 15 is 0 Å². The number of oxime groups is 1. The number of carbonyl (C=O) groups is 2. The molecule has 1 saturated heterocycles. The van der Waals surface area contributed by atoms with Crippen molar-refractivity contribution in [2.45, 2.75) is 25.8 Å². The molecule has 0 aromatic heterocycles. The van der Waals surface area contributed by atoms with Crippen LogP contribution in [0.3, 0.4) is 0 Å². The van der Waals surface area contributed by atoms with Crippen molar-refractivity contribution in [3.63, 3.8) is 0 Å². The molecule has 2 fully saturated rings. The van der Waals surface area contributed by atoms with Crippen molar-refractivity contribution in [3.05, 3.63) is 35.9 Å². The van der Waals surface area contributed by atoms with Crippen LogP contribution in [0.2, 0.25) is 0 Å². The summed E-state index contributed by atoms with van der Waals surface area (Å²) in [5.41, 5.74) is 1.57. The number of hydrogen-bond acceptors (Lipinski definition) is 4. The van der Waals surface area contributed by atoms with Crippen molar-refractivity contribution in [1.82, 2.24) is 4.90 Å². The molecule has 1 heterocycles. The van der Waals surface area contributed by atoms with Crippen molar-refractivity contribution in [1.29, 1.82) is 0 Å². The zero-order valence-corrected chi connectivity index (χ0v) is 11.0. The van der Waals surface area contributed by atoms with E-state index in [9.17, 15) is 9.59 Å². The third kappa shape index (κ3) is 2.09. The standard InChI is InChI=1S/C15H16N2O3/c18-14-12-7-6-11(16-20)8-13(12)15(19)17(14)9-10-4-2-1-3-5-10/h1-5,12-13,20H,6-9H2. The lowest BCUT2D eigenvalue weighted by atomic mass is 9.80. The number of likely N-dealkylation sites (tertiary alicyclic amines) is 1. The highest BCUT2D eigenvalue weighted by atomic mass is 16.4. The Labute approximate surface area is 116 Å². The largest absolute Gasteiger partial charge is 0.411 e. The minimum atomic E-state index is -0.342. The first-order valence-corrected chi connectivity index (χ1v) is 6.79. The first-order valence-electron chi connectivity index (χ1n) is 6.79. The highest BCUT2D eigenvalue weighted by Crippen LogP contribution is 2.37. The summed E-state index contributed by atoms with van der Waals surface area (Å²) in [5, 5.41) is 12.1. The molecule has 0 bridgehead atoms. The molecule has 5 heteroatoms. The molecule has 1 N–H and O–H groups in total. The number of benzene rings is 1. The van der Waals surface area contributed by atoms with Gasteiger partial charge in [-0.05, 0) is 18.4 Å². The summed E-state index contributed by atoms with van der Waals surface area (Å²) in [6.07, 6.45) is 1.59. The molecule has 1 aromatic carbocycles. The van der Waals surface area contributed by atoms with Crippen molar-refractivity contribution in [2.75, 3.05) is 0 Å². The molecule has 1 aliphatic heterocycles. The molecule has 1 saturated carbocycles. The van der Waals surface area contributed by atoms with Gasteiger partial charge < -0.3 is 5.21 Å². The maximum Gasteiger partial charge on any atom is 0.233 e. The van der Waals surface area contributed by atoms with E-state index < -0.39 is 0 Å². The topological polar surface area (TPSA) is 70.0 Å². The smallest absolute Gasteiger partial charge is 0.233 e. The number of imide groups is 1. The van der Waals surface area contributed by atoms with Gasteiger partial charge in [-0.25, -0.2) is 0 Å². The summed E-state index contributed by atoms with van der Waals surface area (Å²) in [6.45, 7) is 0.330. The Hall–Kier alpha value is -2.17. The number of fused-ring (bicyclic) bond motifs is 1. The normalized spacial score (nSPS) is 28.0. The summed E-state index contributed by atoms with van der Waals surface area (Å²) in [5.74, 6) is -0.798. The molecule has 3 rings (SSSR count). The Balaban J connectivity index is 1.80. The molecule has 0 radical (unpaired) electrons. The molecule has 2 amide bonds. The Morgan fingerprint density at radius 1 is 1.15 bits per heavy atom. The molecule has 104 valence electrons. The second-order valence-electron chi connectivity index (χ2n) is 5.37. The van der Waals surface area contributed by atoms with E-state index in [1.165, 1.54) is 4.90 Å². The predicted octanol–water partition coefficient (Wildman–Crippen LogP) is 1.80. The van der Waals surface area contributed by atoms with Crippen LogP contribution in [-0.4, -0.2) is 27.6 Å². The van der Waals surface area contributed by atoms with Crippen LogP contribution in [0.4, 0.5) is 0 Å². The maximum absolute atomic E-state index is 12.4. The highest BCUT2D eigenvalue weighted by molar-refractivity contribution is 6.07. The average molecular weight is 272 g/mol. The van der Waals surface area contributed by atoms with Gasteiger partial charge in [0.25, 0.3) is 0 Å². The van der Waals surface area contributed by atoms with E-state index in [1.807, 2.05) is 30.3 Å².